The van der Waals surface area contributed by atoms with E-state index in [1.807, 2.05) is 0 Å². The van der Waals surface area contributed by atoms with Crippen LogP contribution in [0.1, 0.15) is 6.42 Å². The van der Waals surface area contributed by atoms with Gasteiger partial charge < -0.3 is 14.3 Å². The molecule has 0 unspecified atom stereocenters. The van der Waals surface area contributed by atoms with Crippen LogP contribution >= 0.6 is 35.0 Å². The topological polar surface area (TPSA) is 85.5 Å². The first-order valence-corrected chi connectivity index (χ1v) is 7.47. The normalized spacial score (nSPS) is 10.6. The second kappa shape index (κ2) is 7.02. The Morgan fingerprint density at radius 2 is 2.19 bits per heavy atom. The van der Waals surface area contributed by atoms with Crippen molar-refractivity contribution in [2.75, 3.05) is 12.9 Å². The van der Waals surface area contributed by atoms with Gasteiger partial charge in [-0.05, 0) is 12.1 Å². The minimum Gasteiger partial charge on any atom is -0.494 e. The molecule has 0 aliphatic rings. The number of methoxy groups -OCH3 is 1. The van der Waals surface area contributed by atoms with Gasteiger partial charge in [0.05, 0.1) is 29.1 Å². The van der Waals surface area contributed by atoms with E-state index in [-0.39, 0.29) is 22.6 Å². The van der Waals surface area contributed by atoms with Gasteiger partial charge in [0.2, 0.25) is 5.89 Å². The van der Waals surface area contributed by atoms with Gasteiger partial charge in [0.1, 0.15) is 0 Å². The summed E-state index contributed by atoms with van der Waals surface area (Å²) in [6, 6.07) is 3.26. The van der Waals surface area contributed by atoms with Crippen LogP contribution in [0.4, 0.5) is 0 Å². The summed E-state index contributed by atoms with van der Waals surface area (Å²) in [6.07, 6.45) is 0.0118. The number of hydrogen-bond acceptors (Lipinski definition) is 6. The number of carboxylic acid groups (broad SMARTS) is 1. The van der Waals surface area contributed by atoms with Crippen molar-refractivity contribution in [3.05, 3.63) is 22.2 Å². The van der Waals surface area contributed by atoms with E-state index in [9.17, 15) is 4.79 Å². The van der Waals surface area contributed by atoms with Crippen LogP contribution in [0.25, 0.3) is 11.5 Å². The fourth-order valence-corrected chi connectivity index (χ4v) is 2.78. The van der Waals surface area contributed by atoms with Crippen LogP contribution in [0.3, 0.4) is 0 Å². The van der Waals surface area contributed by atoms with Crippen molar-refractivity contribution in [1.29, 1.82) is 0 Å². The third kappa shape index (κ3) is 3.81. The van der Waals surface area contributed by atoms with Crippen molar-refractivity contribution < 1.29 is 19.1 Å². The Hall–Kier alpha value is -1.44. The van der Waals surface area contributed by atoms with E-state index in [0.29, 0.717) is 22.1 Å². The molecule has 0 bridgehead atoms. The molecular formula is C12H10Cl2N2O4S. The van der Waals surface area contributed by atoms with E-state index in [4.69, 9.17) is 37.5 Å². The van der Waals surface area contributed by atoms with Gasteiger partial charge in [-0.2, -0.15) is 0 Å². The number of aliphatic carboxylic acids is 1. The van der Waals surface area contributed by atoms with Crippen LogP contribution in [0, 0.1) is 0 Å². The molecule has 0 saturated heterocycles. The van der Waals surface area contributed by atoms with Crippen molar-refractivity contribution in [3.63, 3.8) is 0 Å². The summed E-state index contributed by atoms with van der Waals surface area (Å²) >= 11 is 13.3. The second-order valence-corrected chi connectivity index (χ2v) is 5.64. The Kier molecular flexibility index (Phi) is 5.33. The second-order valence-electron chi connectivity index (χ2n) is 3.81. The summed E-state index contributed by atoms with van der Waals surface area (Å²) in [5, 5.41) is 17.2. The standard InChI is InChI=1S/C12H10Cl2N2O4S/c1-19-10-7(13)3-2-6(9(10)14)11-15-16-12(20-11)21-5-4-8(17)18/h2-3H,4-5H2,1H3,(H,17,18). The highest BCUT2D eigenvalue weighted by molar-refractivity contribution is 7.99. The van der Waals surface area contributed by atoms with Crippen LogP contribution in [-0.4, -0.2) is 34.1 Å². The van der Waals surface area contributed by atoms with Gasteiger partial charge >= 0.3 is 5.97 Å². The van der Waals surface area contributed by atoms with E-state index < -0.39 is 5.97 Å². The lowest BCUT2D eigenvalue weighted by molar-refractivity contribution is -0.136. The summed E-state index contributed by atoms with van der Waals surface area (Å²) in [4.78, 5) is 10.4. The summed E-state index contributed by atoms with van der Waals surface area (Å²) < 4.78 is 10.5. The monoisotopic (exact) mass is 348 g/mol. The molecule has 0 spiro atoms. The maximum Gasteiger partial charge on any atom is 0.304 e. The van der Waals surface area contributed by atoms with Gasteiger partial charge in [-0.3, -0.25) is 4.79 Å². The predicted octanol–water partition coefficient (Wildman–Crippen LogP) is 3.62. The highest BCUT2D eigenvalue weighted by Gasteiger charge is 2.17. The lowest BCUT2D eigenvalue weighted by Crippen LogP contribution is -1.95. The van der Waals surface area contributed by atoms with Crippen molar-refractivity contribution in [3.8, 4) is 17.2 Å². The van der Waals surface area contributed by atoms with Crippen molar-refractivity contribution in [2.45, 2.75) is 11.6 Å². The van der Waals surface area contributed by atoms with Crippen molar-refractivity contribution in [1.82, 2.24) is 10.2 Å². The quantitative estimate of drug-likeness (QED) is 0.797. The van der Waals surface area contributed by atoms with E-state index in [2.05, 4.69) is 10.2 Å². The molecule has 0 saturated carbocycles. The summed E-state index contributed by atoms with van der Waals surface area (Å²) in [5.41, 5.74) is 0.496. The molecule has 0 aliphatic heterocycles. The number of ether oxygens (including phenoxy) is 1. The van der Waals surface area contributed by atoms with E-state index in [1.54, 1.807) is 12.1 Å². The average Bonchev–Trinajstić information content (AvgIpc) is 2.87. The highest BCUT2D eigenvalue weighted by Crippen LogP contribution is 2.40. The Morgan fingerprint density at radius 3 is 2.86 bits per heavy atom. The molecule has 0 fully saturated rings. The first kappa shape index (κ1) is 15.9. The lowest BCUT2D eigenvalue weighted by atomic mass is 10.2. The fourth-order valence-electron chi connectivity index (χ4n) is 1.49. The average molecular weight is 349 g/mol. The molecule has 1 aromatic carbocycles. The van der Waals surface area contributed by atoms with E-state index in [1.165, 1.54) is 7.11 Å². The van der Waals surface area contributed by atoms with Gasteiger partial charge in [0.25, 0.3) is 5.22 Å². The molecule has 2 rings (SSSR count). The third-order valence-electron chi connectivity index (χ3n) is 2.43. The molecule has 1 heterocycles. The Balaban J connectivity index is 2.20. The number of halogens is 2. The van der Waals surface area contributed by atoms with Crippen LogP contribution in [-0.2, 0) is 4.79 Å². The molecule has 2 aromatic rings. The molecule has 0 amide bonds. The number of carboxylic acids is 1. The summed E-state index contributed by atoms with van der Waals surface area (Å²) in [7, 11) is 1.46. The highest BCUT2D eigenvalue weighted by atomic mass is 35.5. The Labute approximate surface area is 134 Å². The SMILES string of the molecule is COc1c(Cl)ccc(-c2nnc(SCCC(=O)O)o2)c1Cl. The molecule has 0 radical (unpaired) electrons. The molecule has 21 heavy (non-hydrogen) atoms. The summed E-state index contributed by atoms with van der Waals surface area (Å²) in [5.74, 6) is 0.00359. The third-order valence-corrected chi connectivity index (χ3v) is 3.92. The van der Waals surface area contributed by atoms with Crippen molar-refractivity contribution >= 4 is 40.9 Å². The number of benzene rings is 1. The molecule has 1 aromatic heterocycles. The van der Waals surface area contributed by atoms with Crippen LogP contribution in [0.5, 0.6) is 5.75 Å². The van der Waals surface area contributed by atoms with Crippen LogP contribution in [0.15, 0.2) is 21.8 Å². The van der Waals surface area contributed by atoms with Crippen LogP contribution in [0.2, 0.25) is 10.0 Å². The van der Waals surface area contributed by atoms with Gasteiger partial charge in [-0.25, -0.2) is 0 Å². The Bertz CT molecular complexity index is 663. The van der Waals surface area contributed by atoms with Gasteiger partial charge in [-0.15, -0.1) is 10.2 Å². The Morgan fingerprint density at radius 1 is 1.43 bits per heavy atom. The molecular weight excluding hydrogens is 339 g/mol. The number of carbonyl (C=O) groups is 1. The molecule has 112 valence electrons. The largest absolute Gasteiger partial charge is 0.494 e. The number of thioether (sulfide) groups is 1. The maximum atomic E-state index is 10.4. The molecule has 1 N–H and O–H groups in total. The molecule has 6 nitrogen and oxygen atoms in total. The maximum absolute atomic E-state index is 10.4. The van der Waals surface area contributed by atoms with E-state index in [0.717, 1.165) is 11.8 Å². The fraction of sp³-hybridized carbons (Fsp3) is 0.250. The van der Waals surface area contributed by atoms with Crippen LogP contribution < -0.4 is 4.74 Å². The van der Waals surface area contributed by atoms with Crippen molar-refractivity contribution in [2.24, 2.45) is 0 Å². The number of nitrogens with zero attached hydrogens (tertiary/aromatic N) is 2. The van der Waals surface area contributed by atoms with Gasteiger partial charge in [-0.1, -0.05) is 35.0 Å². The number of aromatic nitrogens is 2. The predicted molar refractivity (Wildman–Crippen MR) is 79.3 cm³/mol. The number of rotatable bonds is 6. The van der Waals surface area contributed by atoms with Gasteiger partial charge in [0, 0.05) is 5.75 Å². The first-order valence-electron chi connectivity index (χ1n) is 5.73. The zero-order chi connectivity index (χ0) is 15.4. The smallest absolute Gasteiger partial charge is 0.304 e. The zero-order valence-electron chi connectivity index (χ0n) is 10.8. The molecule has 9 heteroatoms. The first-order chi connectivity index (χ1) is 10.0. The molecule has 0 aliphatic carbocycles. The zero-order valence-corrected chi connectivity index (χ0v) is 13.1. The lowest BCUT2D eigenvalue weighted by Gasteiger charge is -2.07. The number of hydrogen-bond donors (Lipinski definition) is 1. The minimum atomic E-state index is -0.882. The van der Waals surface area contributed by atoms with E-state index >= 15 is 0 Å². The molecule has 0 atom stereocenters. The minimum absolute atomic E-state index is 0.0118. The summed E-state index contributed by atoms with van der Waals surface area (Å²) in [6.45, 7) is 0. The van der Waals surface area contributed by atoms with Gasteiger partial charge in [0.15, 0.2) is 5.75 Å².